The molecule has 1 amide bonds. The highest BCUT2D eigenvalue weighted by Crippen LogP contribution is 2.14. The first-order chi connectivity index (χ1) is 12.7. The van der Waals surface area contributed by atoms with Crippen molar-refractivity contribution in [3.8, 4) is 0 Å². The molecular weight excluding hydrogens is 527 g/mol. The topological polar surface area (TPSA) is 84.0 Å². The molecule has 0 radical (unpaired) electrons. The van der Waals surface area contributed by atoms with E-state index in [1.165, 1.54) is 0 Å². The molecule has 1 aromatic rings. The van der Waals surface area contributed by atoms with Crippen LogP contribution in [0.15, 0.2) is 33.7 Å². The highest BCUT2D eigenvalue weighted by Gasteiger charge is 2.03. The number of nitrogens with zero attached hydrogens (tertiary/aromatic N) is 1. The standard InChI is InChI=1S/C18H29BrN4O3.HI/c1-3-20-18(21-10-4-12-26-14-13-25-2)22-11-9-17(24)23-16-7-5-15(19)6-8-16;/h5-8H,3-4,9-14H2,1-2H3,(H,23,24)(H2,20,21,22);1H. The average Bonchev–Trinajstić information content (AvgIpc) is 2.63. The van der Waals surface area contributed by atoms with Gasteiger partial charge in [-0.2, -0.15) is 0 Å². The van der Waals surface area contributed by atoms with Gasteiger partial charge in [0.2, 0.25) is 5.91 Å². The second-order valence-corrected chi connectivity index (χ2v) is 6.37. The van der Waals surface area contributed by atoms with Gasteiger partial charge in [-0.05, 0) is 37.6 Å². The third-order valence-corrected chi connectivity index (χ3v) is 3.79. The monoisotopic (exact) mass is 556 g/mol. The number of hydrogen-bond acceptors (Lipinski definition) is 4. The lowest BCUT2D eigenvalue weighted by Gasteiger charge is -2.11. The summed E-state index contributed by atoms with van der Waals surface area (Å²) in [5, 5.41) is 9.20. The molecule has 0 spiro atoms. The number of guanidine groups is 1. The maximum Gasteiger partial charge on any atom is 0.226 e. The van der Waals surface area contributed by atoms with Gasteiger partial charge in [0, 0.05) is 49.9 Å². The molecule has 9 heteroatoms. The van der Waals surface area contributed by atoms with Crippen molar-refractivity contribution >= 4 is 57.5 Å². The number of hydrogen-bond donors (Lipinski definition) is 3. The van der Waals surface area contributed by atoms with E-state index in [9.17, 15) is 4.79 Å². The lowest BCUT2D eigenvalue weighted by molar-refractivity contribution is -0.116. The Morgan fingerprint density at radius 3 is 2.56 bits per heavy atom. The van der Waals surface area contributed by atoms with Crippen LogP contribution in [0, 0.1) is 0 Å². The third kappa shape index (κ3) is 13.8. The van der Waals surface area contributed by atoms with E-state index in [-0.39, 0.29) is 29.9 Å². The number of rotatable bonds is 12. The summed E-state index contributed by atoms with van der Waals surface area (Å²) in [4.78, 5) is 16.4. The van der Waals surface area contributed by atoms with Gasteiger partial charge < -0.3 is 25.4 Å². The van der Waals surface area contributed by atoms with Crippen molar-refractivity contribution in [1.29, 1.82) is 0 Å². The molecule has 3 N–H and O–H groups in total. The number of halogens is 2. The molecular formula is C18H30BrIN4O3. The molecule has 0 aliphatic heterocycles. The number of aliphatic imine (C=N–C) groups is 1. The summed E-state index contributed by atoms with van der Waals surface area (Å²) in [6.45, 7) is 5.81. The van der Waals surface area contributed by atoms with Crippen LogP contribution in [0.2, 0.25) is 0 Å². The molecule has 1 rings (SSSR count). The average molecular weight is 557 g/mol. The van der Waals surface area contributed by atoms with Crippen molar-refractivity contribution in [2.45, 2.75) is 19.8 Å². The molecule has 0 heterocycles. The fourth-order valence-corrected chi connectivity index (χ4v) is 2.26. The van der Waals surface area contributed by atoms with Crippen molar-refractivity contribution in [2.24, 2.45) is 4.99 Å². The lowest BCUT2D eigenvalue weighted by Crippen LogP contribution is -2.38. The van der Waals surface area contributed by atoms with Crippen molar-refractivity contribution in [3.63, 3.8) is 0 Å². The Labute approximate surface area is 187 Å². The van der Waals surface area contributed by atoms with Crippen LogP contribution in [0.5, 0.6) is 0 Å². The number of carbonyl (C=O) groups is 1. The van der Waals surface area contributed by atoms with Gasteiger partial charge in [0.1, 0.15) is 0 Å². The minimum Gasteiger partial charge on any atom is -0.382 e. The van der Waals surface area contributed by atoms with E-state index in [2.05, 4.69) is 36.9 Å². The molecule has 7 nitrogen and oxygen atoms in total. The quantitative estimate of drug-likeness (QED) is 0.159. The van der Waals surface area contributed by atoms with Gasteiger partial charge in [-0.25, -0.2) is 0 Å². The van der Waals surface area contributed by atoms with E-state index in [4.69, 9.17) is 9.47 Å². The van der Waals surface area contributed by atoms with Gasteiger partial charge >= 0.3 is 0 Å². The molecule has 0 unspecified atom stereocenters. The van der Waals surface area contributed by atoms with Gasteiger partial charge in [-0.15, -0.1) is 24.0 Å². The van der Waals surface area contributed by atoms with Gasteiger partial charge in [0.25, 0.3) is 0 Å². The normalized spacial score (nSPS) is 10.9. The molecule has 27 heavy (non-hydrogen) atoms. The summed E-state index contributed by atoms with van der Waals surface area (Å²) in [6, 6.07) is 7.50. The maximum atomic E-state index is 12.0. The summed E-state index contributed by atoms with van der Waals surface area (Å²) in [6.07, 6.45) is 1.20. The van der Waals surface area contributed by atoms with Crippen molar-refractivity contribution in [2.75, 3.05) is 51.9 Å². The molecule has 154 valence electrons. The van der Waals surface area contributed by atoms with E-state index >= 15 is 0 Å². The van der Waals surface area contributed by atoms with Crippen LogP contribution in [0.3, 0.4) is 0 Å². The number of methoxy groups -OCH3 is 1. The van der Waals surface area contributed by atoms with Crippen LogP contribution in [0.25, 0.3) is 0 Å². The van der Waals surface area contributed by atoms with E-state index in [0.717, 1.165) is 23.1 Å². The predicted molar refractivity (Wildman–Crippen MR) is 124 cm³/mol. The summed E-state index contributed by atoms with van der Waals surface area (Å²) in [5.41, 5.74) is 0.784. The van der Waals surface area contributed by atoms with Crippen LogP contribution in [0.4, 0.5) is 5.69 Å². The number of carbonyl (C=O) groups excluding carboxylic acids is 1. The smallest absolute Gasteiger partial charge is 0.226 e. The van der Waals surface area contributed by atoms with Gasteiger partial charge in [0.15, 0.2) is 5.96 Å². The first kappa shape index (κ1) is 26.1. The van der Waals surface area contributed by atoms with E-state index in [1.807, 2.05) is 31.2 Å². The SMILES string of the molecule is CCNC(=NCCCOCCOC)NCCC(=O)Nc1ccc(Br)cc1.I. The van der Waals surface area contributed by atoms with E-state index in [1.54, 1.807) is 7.11 Å². The number of benzene rings is 1. The second kappa shape index (κ2) is 17.2. The van der Waals surface area contributed by atoms with E-state index < -0.39 is 0 Å². The highest BCUT2D eigenvalue weighted by molar-refractivity contribution is 14.0. The Kier molecular flexibility index (Phi) is 16.6. The van der Waals surface area contributed by atoms with E-state index in [0.29, 0.717) is 45.3 Å². The Hall–Kier alpha value is -0.910. The number of ether oxygens (including phenoxy) is 2. The Morgan fingerprint density at radius 2 is 1.89 bits per heavy atom. The fourth-order valence-electron chi connectivity index (χ4n) is 1.99. The first-order valence-electron chi connectivity index (χ1n) is 8.80. The van der Waals surface area contributed by atoms with Gasteiger partial charge in [-0.1, -0.05) is 15.9 Å². The first-order valence-corrected chi connectivity index (χ1v) is 9.59. The predicted octanol–water partition coefficient (Wildman–Crippen LogP) is 3.00. The largest absolute Gasteiger partial charge is 0.382 e. The molecule has 0 saturated heterocycles. The highest BCUT2D eigenvalue weighted by atomic mass is 127. The molecule has 0 fully saturated rings. The summed E-state index contributed by atoms with van der Waals surface area (Å²) >= 11 is 3.37. The van der Waals surface area contributed by atoms with Gasteiger partial charge in [0.05, 0.1) is 13.2 Å². The zero-order valence-corrected chi connectivity index (χ0v) is 19.8. The number of amides is 1. The third-order valence-electron chi connectivity index (χ3n) is 3.27. The zero-order chi connectivity index (χ0) is 19.0. The van der Waals surface area contributed by atoms with Crippen LogP contribution in [0.1, 0.15) is 19.8 Å². The van der Waals surface area contributed by atoms with Crippen LogP contribution < -0.4 is 16.0 Å². The van der Waals surface area contributed by atoms with Crippen molar-refractivity contribution < 1.29 is 14.3 Å². The Bertz CT molecular complexity index is 544. The molecule has 0 saturated carbocycles. The molecule has 0 aliphatic rings. The fraction of sp³-hybridized carbons (Fsp3) is 0.556. The summed E-state index contributed by atoms with van der Waals surface area (Å²) in [5.74, 6) is 0.669. The molecule has 1 aromatic carbocycles. The molecule has 0 aromatic heterocycles. The van der Waals surface area contributed by atoms with Crippen molar-refractivity contribution in [3.05, 3.63) is 28.7 Å². The Morgan fingerprint density at radius 1 is 1.15 bits per heavy atom. The zero-order valence-electron chi connectivity index (χ0n) is 15.9. The molecule has 0 aliphatic carbocycles. The number of nitrogens with one attached hydrogen (secondary N) is 3. The minimum atomic E-state index is -0.0396. The van der Waals surface area contributed by atoms with Crippen LogP contribution in [-0.2, 0) is 14.3 Å². The molecule has 0 atom stereocenters. The summed E-state index contributed by atoms with van der Waals surface area (Å²) in [7, 11) is 1.65. The second-order valence-electron chi connectivity index (χ2n) is 5.45. The van der Waals surface area contributed by atoms with Crippen LogP contribution in [-0.4, -0.2) is 58.4 Å². The number of anilines is 1. The minimum absolute atomic E-state index is 0. The lowest BCUT2D eigenvalue weighted by atomic mass is 10.3. The van der Waals surface area contributed by atoms with Crippen LogP contribution >= 0.6 is 39.9 Å². The molecule has 0 bridgehead atoms. The Balaban J connectivity index is 0.00000676. The van der Waals surface area contributed by atoms with Crippen molar-refractivity contribution in [1.82, 2.24) is 10.6 Å². The maximum absolute atomic E-state index is 12.0. The summed E-state index contributed by atoms with van der Waals surface area (Å²) < 4.78 is 11.3. The van der Waals surface area contributed by atoms with Gasteiger partial charge in [-0.3, -0.25) is 9.79 Å².